The number of rotatable bonds is 4. The van der Waals surface area contributed by atoms with Crippen molar-refractivity contribution in [2.24, 2.45) is 5.73 Å². The summed E-state index contributed by atoms with van der Waals surface area (Å²) in [6.07, 6.45) is 4.24. The zero-order chi connectivity index (χ0) is 10.6. The summed E-state index contributed by atoms with van der Waals surface area (Å²) in [6, 6.07) is 0. The number of hydrogen-bond acceptors (Lipinski definition) is 5. The molecular formula is C8H9N2O3S. The molecule has 1 unspecified atom stereocenters. The van der Waals surface area contributed by atoms with Crippen LogP contribution in [0, 0.1) is 0 Å². The Bertz CT molecular complexity index is 304. The second-order valence-corrected chi connectivity index (χ2v) is 3.77. The van der Waals surface area contributed by atoms with E-state index in [9.17, 15) is 9.59 Å². The molecule has 0 aliphatic carbocycles. The van der Waals surface area contributed by atoms with Gasteiger partial charge in [-0.25, -0.2) is 0 Å². The molecule has 1 heterocycles. The number of nitrogens with two attached hydrogens (primary N) is 1. The summed E-state index contributed by atoms with van der Waals surface area (Å²) in [4.78, 5) is 19.8. The van der Waals surface area contributed by atoms with Crippen molar-refractivity contribution >= 4 is 24.0 Å². The van der Waals surface area contributed by atoms with Crippen molar-refractivity contribution in [3.05, 3.63) is 23.3 Å². The van der Waals surface area contributed by atoms with Crippen molar-refractivity contribution in [3.63, 3.8) is 0 Å². The highest BCUT2D eigenvalue weighted by molar-refractivity contribution is 8.03. The van der Waals surface area contributed by atoms with Crippen LogP contribution < -0.4 is 11.1 Å². The van der Waals surface area contributed by atoms with E-state index >= 15 is 0 Å². The van der Waals surface area contributed by atoms with Crippen LogP contribution in [-0.4, -0.2) is 22.4 Å². The fraction of sp³-hybridized carbons (Fsp3) is 0.250. The van der Waals surface area contributed by atoms with E-state index in [1.807, 2.05) is 0 Å². The highest BCUT2D eigenvalue weighted by Gasteiger charge is 2.31. The van der Waals surface area contributed by atoms with Crippen LogP contribution >= 0.6 is 11.8 Å². The average Bonchev–Trinajstić information content (AvgIpc) is 2.53. The first-order valence-corrected chi connectivity index (χ1v) is 4.66. The first-order chi connectivity index (χ1) is 6.58. The van der Waals surface area contributed by atoms with Crippen LogP contribution in [0.25, 0.3) is 0 Å². The lowest BCUT2D eigenvalue weighted by Gasteiger charge is -2.23. The average molecular weight is 213 g/mol. The minimum absolute atomic E-state index is 0.106. The van der Waals surface area contributed by atoms with Gasteiger partial charge in [0.25, 0.3) is 0 Å². The number of carboxylic acids is 1. The van der Waals surface area contributed by atoms with Crippen LogP contribution in [-0.2, 0) is 9.59 Å². The molecule has 0 saturated heterocycles. The zero-order valence-corrected chi connectivity index (χ0v) is 8.00. The molecule has 0 aromatic rings. The number of carbonyl (C=O) groups is 1. The predicted octanol–water partition coefficient (Wildman–Crippen LogP) is -0.0827. The van der Waals surface area contributed by atoms with E-state index in [0.717, 1.165) is 0 Å². The Morgan fingerprint density at radius 1 is 1.79 bits per heavy atom. The lowest BCUT2D eigenvalue weighted by molar-refractivity contribution is -0.136. The molecule has 1 atom stereocenters. The quantitative estimate of drug-likeness (QED) is 0.565. The summed E-state index contributed by atoms with van der Waals surface area (Å²) in [6.45, 7) is 0. The third-order valence-corrected chi connectivity index (χ3v) is 2.59. The molecule has 1 rings (SSSR count). The van der Waals surface area contributed by atoms with Gasteiger partial charge in [-0.1, -0.05) is 17.8 Å². The van der Waals surface area contributed by atoms with Crippen molar-refractivity contribution in [3.8, 4) is 0 Å². The Kier molecular flexibility index (Phi) is 3.32. The van der Waals surface area contributed by atoms with E-state index < -0.39 is 11.0 Å². The van der Waals surface area contributed by atoms with E-state index in [1.165, 1.54) is 17.8 Å². The minimum Gasteiger partial charge on any atom is -0.481 e. The standard InChI is InChI=1S/C8H9N2O3S/c9-8(10-3-4-14-8)6(5-11)1-2-7(12)13/h1,3-4,10H,2,9H2,(H,12,13)/b6-1-. The lowest BCUT2D eigenvalue weighted by Crippen LogP contribution is -2.47. The van der Waals surface area contributed by atoms with Crippen molar-refractivity contribution in [2.45, 2.75) is 11.4 Å². The Hall–Kier alpha value is -1.27. The van der Waals surface area contributed by atoms with Crippen LogP contribution in [0.5, 0.6) is 0 Å². The monoisotopic (exact) mass is 213 g/mol. The van der Waals surface area contributed by atoms with Crippen LogP contribution in [0.3, 0.4) is 0 Å². The molecule has 1 aliphatic rings. The number of thioether (sulfide) groups is 1. The van der Waals surface area contributed by atoms with E-state index in [2.05, 4.69) is 5.32 Å². The van der Waals surface area contributed by atoms with Crippen LogP contribution in [0.2, 0.25) is 0 Å². The van der Waals surface area contributed by atoms with Gasteiger partial charge >= 0.3 is 5.97 Å². The molecule has 6 heteroatoms. The molecule has 1 radical (unpaired) electrons. The van der Waals surface area contributed by atoms with Gasteiger partial charge in [-0.3, -0.25) is 15.3 Å². The van der Waals surface area contributed by atoms with Crippen LogP contribution in [0.15, 0.2) is 23.3 Å². The highest BCUT2D eigenvalue weighted by Crippen LogP contribution is 2.29. The fourth-order valence-corrected chi connectivity index (χ4v) is 1.67. The molecule has 14 heavy (non-hydrogen) atoms. The molecule has 5 nitrogen and oxygen atoms in total. The molecule has 0 aromatic heterocycles. The summed E-state index contributed by atoms with van der Waals surface area (Å²) in [5.41, 5.74) is 5.87. The number of hydrogen-bond donors (Lipinski definition) is 3. The first-order valence-electron chi connectivity index (χ1n) is 3.78. The van der Waals surface area contributed by atoms with E-state index in [1.54, 1.807) is 17.9 Å². The molecule has 0 amide bonds. The maximum atomic E-state index is 10.6. The van der Waals surface area contributed by atoms with Gasteiger partial charge in [-0.15, -0.1) is 0 Å². The number of aliphatic carboxylic acids is 1. The summed E-state index contributed by atoms with van der Waals surface area (Å²) < 4.78 is 0. The summed E-state index contributed by atoms with van der Waals surface area (Å²) in [5.74, 6) is -1.02. The van der Waals surface area contributed by atoms with Gasteiger partial charge in [0.15, 0.2) is 4.99 Å². The van der Waals surface area contributed by atoms with Gasteiger partial charge in [0.05, 0.1) is 12.0 Å². The third-order valence-electron chi connectivity index (χ3n) is 1.61. The van der Waals surface area contributed by atoms with Crippen molar-refractivity contribution < 1.29 is 14.7 Å². The van der Waals surface area contributed by atoms with Crippen molar-refractivity contribution in [2.75, 3.05) is 0 Å². The smallest absolute Gasteiger partial charge is 0.307 e. The summed E-state index contributed by atoms with van der Waals surface area (Å²) in [7, 11) is 0. The SMILES string of the molecule is NC1(/C([C]=O)=C\CC(=O)O)NC=CS1. The van der Waals surface area contributed by atoms with Gasteiger partial charge in [-0.2, -0.15) is 0 Å². The van der Waals surface area contributed by atoms with E-state index in [0.29, 0.717) is 0 Å². The zero-order valence-electron chi connectivity index (χ0n) is 7.19. The van der Waals surface area contributed by atoms with Gasteiger partial charge in [-0.05, 0) is 5.41 Å². The van der Waals surface area contributed by atoms with Gasteiger partial charge < -0.3 is 10.4 Å². The number of carboxylic acid groups (broad SMARTS) is 1. The maximum Gasteiger partial charge on any atom is 0.307 e. The molecule has 0 spiro atoms. The van der Waals surface area contributed by atoms with Gasteiger partial charge in [0.2, 0.25) is 6.29 Å². The van der Waals surface area contributed by atoms with Crippen LogP contribution in [0.1, 0.15) is 6.42 Å². The highest BCUT2D eigenvalue weighted by atomic mass is 32.2. The third kappa shape index (κ3) is 2.36. The van der Waals surface area contributed by atoms with Crippen molar-refractivity contribution in [1.29, 1.82) is 0 Å². The topological polar surface area (TPSA) is 92.4 Å². The molecule has 0 fully saturated rings. The Balaban J connectivity index is 2.75. The Morgan fingerprint density at radius 3 is 2.93 bits per heavy atom. The summed E-state index contributed by atoms with van der Waals surface area (Å²) >= 11 is 1.19. The number of carbonyl (C=O) groups excluding carboxylic acids is 1. The normalized spacial score (nSPS) is 25.9. The molecular weight excluding hydrogens is 204 g/mol. The Morgan fingerprint density at radius 2 is 2.50 bits per heavy atom. The predicted molar refractivity (Wildman–Crippen MR) is 52.8 cm³/mol. The van der Waals surface area contributed by atoms with Gasteiger partial charge in [0, 0.05) is 6.20 Å². The molecule has 1 aliphatic heterocycles. The summed E-state index contributed by atoms with van der Waals surface area (Å²) in [5, 5.41) is 12.9. The molecule has 4 N–H and O–H groups in total. The van der Waals surface area contributed by atoms with Crippen molar-refractivity contribution in [1.82, 2.24) is 5.32 Å². The van der Waals surface area contributed by atoms with E-state index in [-0.39, 0.29) is 12.0 Å². The largest absolute Gasteiger partial charge is 0.481 e. The number of nitrogens with one attached hydrogen (secondary N) is 1. The van der Waals surface area contributed by atoms with E-state index in [4.69, 9.17) is 10.8 Å². The van der Waals surface area contributed by atoms with Gasteiger partial charge in [0.1, 0.15) is 0 Å². The second kappa shape index (κ2) is 4.30. The second-order valence-electron chi connectivity index (χ2n) is 2.62. The lowest BCUT2D eigenvalue weighted by atomic mass is 10.2. The van der Waals surface area contributed by atoms with Crippen LogP contribution in [0.4, 0.5) is 0 Å². The molecule has 75 valence electrons. The maximum absolute atomic E-state index is 10.6. The molecule has 0 aromatic carbocycles. The molecule has 0 bridgehead atoms. The minimum atomic E-state index is -1.07. The molecule has 0 saturated carbocycles. The Labute approximate surface area is 85.0 Å². The fourth-order valence-electron chi connectivity index (χ4n) is 0.933. The first kappa shape index (κ1) is 10.8.